The fourth-order valence-electron chi connectivity index (χ4n) is 2.21. The Bertz CT molecular complexity index is 832. The first-order valence-electron chi connectivity index (χ1n) is 6.57. The van der Waals surface area contributed by atoms with Gasteiger partial charge in [-0.1, -0.05) is 24.3 Å². The number of hydrogen-bond donors (Lipinski definition) is 0. The van der Waals surface area contributed by atoms with E-state index < -0.39 is 0 Å². The first kappa shape index (κ1) is 13.3. The summed E-state index contributed by atoms with van der Waals surface area (Å²) in [6, 6.07) is 8.58. The van der Waals surface area contributed by atoms with Crippen LogP contribution in [0.4, 0.5) is 0 Å². The van der Waals surface area contributed by atoms with Gasteiger partial charge < -0.3 is 0 Å². The Morgan fingerprint density at radius 3 is 2.71 bits per heavy atom. The molecule has 0 bridgehead atoms. The fourth-order valence-corrected chi connectivity index (χ4v) is 2.21. The number of rotatable bonds is 1. The van der Waals surface area contributed by atoms with Crippen LogP contribution in [0.1, 0.15) is 0 Å². The lowest BCUT2D eigenvalue weighted by molar-refractivity contribution is -0.480. The Balaban J connectivity index is 2.13. The van der Waals surface area contributed by atoms with E-state index in [-0.39, 0.29) is 0 Å². The Hall–Kier alpha value is -2.70. The number of fused-ring (bicyclic) bond motifs is 3. The Morgan fingerprint density at radius 2 is 2.00 bits per heavy atom. The summed E-state index contributed by atoms with van der Waals surface area (Å²) in [4.78, 5) is 13.4. The highest BCUT2D eigenvalue weighted by atomic mass is 16.7. The zero-order valence-corrected chi connectivity index (χ0v) is 12.5. The molecule has 0 unspecified atom stereocenters. The summed E-state index contributed by atoms with van der Waals surface area (Å²) in [6.07, 6.45) is 1.80. The SMILES string of the molecule is CN(C)C(On1nnc2c3ccccc3cnc21)=[N+](C)C. The van der Waals surface area contributed by atoms with Gasteiger partial charge in [-0.2, -0.15) is 0 Å². The lowest BCUT2D eigenvalue weighted by Crippen LogP contribution is -2.39. The maximum atomic E-state index is 5.79. The van der Waals surface area contributed by atoms with Crippen LogP contribution in [0.3, 0.4) is 0 Å². The van der Waals surface area contributed by atoms with Crippen molar-refractivity contribution in [1.82, 2.24) is 25.0 Å². The molecule has 7 heteroatoms. The van der Waals surface area contributed by atoms with Gasteiger partial charge in [0.25, 0.3) is 0 Å². The van der Waals surface area contributed by atoms with E-state index in [2.05, 4.69) is 15.3 Å². The van der Waals surface area contributed by atoms with E-state index in [9.17, 15) is 0 Å². The van der Waals surface area contributed by atoms with Crippen molar-refractivity contribution in [2.45, 2.75) is 0 Å². The smallest absolute Gasteiger partial charge is 0.277 e. The molecule has 2 aromatic heterocycles. The third kappa shape index (κ3) is 2.26. The number of pyridine rings is 1. The first-order valence-corrected chi connectivity index (χ1v) is 6.57. The van der Waals surface area contributed by atoms with Crippen molar-refractivity contribution in [1.29, 1.82) is 0 Å². The fraction of sp³-hybridized carbons (Fsp3) is 0.286. The highest BCUT2D eigenvalue weighted by Crippen LogP contribution is 2.20. The largest absolute Gasteiger partial charge is 0.472 e. The van der Waals surface area contributed by atoms with Gasteiger partial charge in [0.2, 0.25) is 5.65 Å². The maximum Gasteiger partial charge on any atom is 0.472 e. The summed E-state index contributed by atoms with van der Waals surface area (Å²) in [5, 5.41) is 10.3. The third-order valence-corrected chi connectivity index (χ3v) is 3.09. The molecule has 21 heavy (non-hydrogen) atoms. The van der Waals surface area contributed by atoms with Crippen molar-refractivity contribution in [2.24, 2.45) is 0 Å². The van der Waals surface area contributed by atoms with Gasteiger partial charge in [-0.15, -0.1) is 5.10 Å². The van der Waals surface area contributed by atoms with Crippen LogP contribution in [0.15, 0.2) is 30.5 Å². The van der Waals surface area contributed by atoms with Crippen LogP contribution < -0.4 is 4.84 Å². The molecule has 3 aromatic rings. The second-order valence-electron chi connectivity index (χ2n) is 5.14. The molecule has 2 heterocycles. The van der Waals surface area contributed by atoms with Crippen molar-refractivity contribution in [3.63, 3.8) is 0 Å². The van der Waals surface area contributed by atoms with Gasteiger partial charge >= 0.3 is 6.02 Å². The molecular formula is C14H17N6O+. The molecule has 0 amide bonds. The predicted octanol–water partition coefficient (Wildman–Crippen LogP) is 0.598. The molecule has 0 atom stereocenters. The second kappa shape index (κ2) is 5.01. The van der Waals surface area contributed by atoms with E-state index in [1.54, 1.807) is 6.20 Å². The monoisotopic (exact) mass is 285 g/mol. The van der Waals surface area contributed by atoms with E-state index in [0.717, 1.165) is 16.3 Å². The standard InChI is InChI=1S/C14H17N6O/c1-18(2)14(19(3)4)21-20-13-12(16-17-20)11-8-6-5-7-10(11)9-15-13/h5-9H,1-4H3/q+1. The highest BCUT2D eigenvalue weighted by molar-refractivity contribution is 6.01. The molecular weight excluding hydrogens is 268 g/mol. The van der Waals surface area contributed by atoms with Crippen LogP contribution in [-0.4, -0.2) is 63.8 Å². The van der Waals surface area contributed by atoms with Gasteiger partial charge in [0.15, 0.2) is 0 Å². The van der Waals surface area contributed by atoms with Crippen molar-refractivity contribution < 1.29 is 9.41 Å². The quantitative estimate of drug-likeness (QED) is 0.372. The minimum Gasteiger partial charge on any atom is -0.277 e. The minimum absolute atomic E-state index is 0.592. The second-order valence-corrected chi connectivity index (χ2v) is 5.14. The molecule has 0 aliphatic heterocycles. The number of amidine groups is 1. The zero-order valence-electron chi connectivity index (χ0n) is 12.5. The maximum absolute atomic E-state index is 5.79. The lowest BCUT2D eigenvalue weighted by Gasteiger charge is -2.10. The Labute approximate surface area is 122 Å². The van der Waals surface area contributed by atoms with Crippen LogP contribution >= 0.6 is 0 Å². The summed E-state index contributed by atoms with van der Waals surface area (Å²) in [6.45, 7) is 0. The van der Waals surface area contributed by atoms with E-state index in [0.29, 0.717) is 11.7 Å². The summed E-state index contributed by atoms with van der Waals surface area (Å²) < 4.78 is 1.86. The van der Waals surface area contributed by atoms with E-state index in [4.69, 9.17) is 4.84 Å². The zero-order chi connectivity index (χ0) is 15.0. The molecule has 0 N–H and O–H groups in total. The van der Waals surface area contributed by atoms with Crippen LogP contribution in [0, 0.1) is 0 Å². The topological polar surface area (TPSA) is 59.1 Å². The number of benzene rings is 1. The number of aromatic nitrogens is 4. The Kier molecular flexibility index (Phi) is 3.17. The van der Waals surface area contributed by atoms with Crippen molar-refractivity contribution in [3.05, 3.63) is 30.5 Å². The average molecular weight is 285 g/mol. The summed E-state index contributed by atoms with van der Waals surface area (Å²) in [5.74, 6) is 0. The van der Waals surface area contributed by atoms with E-state index >= 15 is 0 Å². The summed E-state index contributed by atoms with van der Waals surface area (Å²) >= 11 is 0. The lowest BCUT2D eigenvalue weighted by atomic mass is 10.1. The molecule has 7 nitrogen and oxygen atoms in total. The normalized spacial score (nSPS) is 10.9. The molecule has 0 saturated carbocycles. The molecule has 0 radical (unpaired) electrons. The molecule has 1 aromatic carbocycles. The minimum atomic E-state index is 0.592. The van der Waals surface area contributed by atoms with Crippen LogP contribution in [0.25, 0.3) is 21.9 Å². The Morgan fingerprint density at radius 1 is 1.24 bits per heavy atom. The molecule has 0 spiro atoms. The molecule has 0 fully saturated rings. The number of hydrogen-bond acceptors (Lipinski definition) is 4. The predicted molar refractivity (Wildman–Crippen MR) is 80.2 cm³/mol. The first-order chi connectivity index (χ1) is 10.1. The van der Waals surface area contributed by atoms with Crippen LogP contribution in [0.2, 0.25) is 0 Å². The van der Waals surface area contributed by atoms with E-state index in [1.807, 2.05) is 61.9 Å². The van der Waals surface area contributed by atoms with Crippen molar-refractivity contribution in [2.75, 3.05) is 28.2 Å². The van der Waals surface area contributed by atoms with Crippen molar-refractivity contribution in [3.8, 4) is 0 Å². The summed E-state index contributed by atoms with van der Waals surface area (Å²) in [7, 11) is 7.60. The molecule has 0 aliphatic rings. The molecule has 0 saturated heterocycles. The average Bonchev–Trinajstić information content (AvgIpc) is 2.87. The van der Waals surface area contributed by atoms with Gasteiger partial charge in [0.05, 0.1) is 28.2 Å². The highest BCUT2D eigenvalue weighted by Gasteiger charge is 2.19. The summed E-state index contributed by atoms with van der Waals surface area (Å²) in [5.41, 5.74) is 1.32. The van der Waals surface area contributed by atoms with Crippen LogP contribution in [0.5, 0.6) is 0 Å². The van der Waals surface area contributed by atoms with Crippen LogP contribution in [-0.2, 0) is 0 Å². The number of nitrogens with zero attached hydrogens (tertiary/aromatic N) is 6. The van der Waals surface area contributed by atoms with Gasteiger partial charge in [0, 0.05) is 17.0 Å². The molecule has 0 aliphatic carbocycles. The van der Waals surface area contributed by atoms with Gasteiger partial charge in [-0.05, 0) is 10.1 Å². The van der Waals surface area contributed by atoms with Gasteiger partial charge in [0.1, 0.15) is 5.52 Å². The van der Waals surface area contributed by atoms with Gasteiger partial charge in [-0.3, -0.25) is 4.84 Å². The third-order valence-electron chi connectivity index (χ3n) is 3.09. The van der Waals surface area contributed by atoms with Crippen molar-refractivity contribution >= 4 is 28.0 Å². The van der Waals surface area contributed by atoms with E-state index in [1.165, 1.54) is 4.85 Å². The molecule has 3 rings (SSSR count). The van der Waals surface area contributed by atoms with Gasteiger partial charge in [-0.25, -0.2) is 14.5 Å². The molecule has 108 valence electrons.